The van der Waals surface area contributed by atoms with Gasteiger partial charge in [-0.2, -0.15) is 0 Å². The minimum Gasteiger partial charge on any atom is -0.454 e. The van der Waals surface area contributed by atoms with Gasteiger partial charge in [0.15, 0.2) is 11.6 Å². The van der Waals surface area contributed by atoms with Gasteiger partial charge in [0.2, 0.25) is 0 Å². The SMILES string of the molecule is C[C@@H](O)c1ccccc1Oc1ccc([N+](=O)[O-])cc1F. The Morgan fingerprint density at radius 3 is 2.55 bits per heavy atom. The number of non-ortho nitro benzene ring substituents is 1. The molecule has 0 aliphatic heterocycles. The highest BCUT2D eigenvalue weighted by molar-refractivity contribution is 5.42. The minimum atomic E-state index is -0.834. The largest absolute Gasteiger partial charge is 0.454 e. The van der Waals surface area contributed by atoms with E-state index >= 15 is 0 Å². The van der Waals surface area contributed by atoms with Crippen LogP contribution < -0.4 is 4.74 Å². The van der Waals surface area contributed by atoms with Crippen molar-refractivity contribution >= 4 is 5.69 Å². The lowest BCUT2D eigenvalue weighted by atomic mass is 10.1. The van der Waals surface area contributed by atoms with Gasteiger partial charge in [0.1, 0.15) is 5.75 Å². The van der Waals surface area contributed by atoms with Gasteiger partial charge in [-0.1, -0.05) is 18.2 Å². The molecule has 0 bridgehead atoms. The lowest BCUT2D eigenvalue weighted by Crippen LogP contribution is -1.97. The molecule has 2 aromatic rings. The highest BCUT2D eigenvalue weighted by atomic mass is 19.1. The van der Waals surface area contributed by atoms with Gasteiger partial charge < -0.3 is 9.84 Å². The molecule has 0 amide bonds. The second kappa shape index (κ2) is 5.66. The van der Waals surface area contributed by atoms with E-state index in [0.29, 0.717) is 11.3 Å². The Kier molecular flexibility index (Phi) is 3.95. The molecule has 1 N–H and O–H groups in total. The van der Waals surface area contributed by atoms with Crippen LogP contribution in [0.2, 0.25) is 0 Å². The highest BCUT2D eigenvalue weighted by Crippen LogP contribution is 2.32. The van der Waals surface area contributed by atoms with Gasteiger partial charge in [-0.3, -0.25) is 10.1 Å². The summed E-state index contributed by atoms with van der Waals surface area (Å²) < 4.78 is 19.1. The van der Waals surface area contributed by atoms with Crippen molar-refractivity contribution in [1.82, 2.24) is 0 Å². The summed E-state index contributed by atoms with van der Waals surface area (Å²) in [6.07, 6.45) is -0.771. The molecule has 0 radical (unpaired) electrons. The summed E-state index contributed by atoms with van der Waals surface area (Å²) in [6.45, 7) is 1.56. The average molecular weight is 277 g/mol. The molecule has 0 unspecified atom stereocenters. The van der Waals surface area contributed by atoms with Crippen LogP contribution in [0, 0.1) is 15.9 Å². The fourth-order valence-corrected chi connectivity index (χ4v) is 1.72. The highest BCUT2D eigenvalue weighted by Gasteiger charge is 2.14. The fraction of sp³-hybridized carbons (Fsp3) is 0.143. The Balaban J connectivity index is 2.33. The van der Waals surface area contributed by atoms with E-state index in [1.165, 1.54) is 6.07 Å². The molecule has 0 aliphatic carbocycles. The lowest BCUT2D eigenvalue weighted by molar-refractivity contribution is -0.385. The zero-order chi connectivity index (χ0) is 14.7. The van der Waals surface area contributed by atoms with E-state index in [-0.39, 0.29) is 11.4 Å². The lowest BCUT2D eigenvalue weighted by Gasteiger charge is -2.13. The number of nitro groups is 1. The monoisotopic (exact) mass is 277 g/mol. The number of hydrogen-bond acceptors (Lipinski definition) is 4. The topological polar surface area (TPSA) is 72.6 Å². The molecule has 2 rings (SSSR count). The minimum absolute atomic E-state index is 0.135. The molecule has 0 aliphatic rings. The van der Waals surface area contributed by atoms with Crippen molar-refractivity contribution in [3.8, 4) is 11.5 Å². The first-order chi connectivity index (χ1) is 9.49. The van der Waals surface area contributed by atoms with Gasteiger partial charge in [-0.05, 0) is 19.1 Å². The Bertz CT molecular complexity index is 643. The molecule has 0 aromatic heterocycles. The quantitative estimate of drug-likeness (QED) is 0.684. The predicted octanol–water partition coefficient (Wildman–Crippen LogP) is 3.58. The maximum absolute atomic E-state index is 13.7. The smallest absolute Gasteiger partial charge is 0.272 e. The zero-order valence-corrected chi connectivity index (χ0v) is 10.6. The summed E-state index contributed by atoms with van der Waals surface area (Å²) in [7, 11) is 0. The van der Waals surface area contributed by atoms with Crippen LogP contribution in [0.15, 0.2) is 42.5 Å². The zero-order valence-electron chi connectivity index (χ0n) is 10.6. The second-order valence-corrected chi connectivity index (χ2v) is 4.19. The Hall–Kier alpha value is -2.47. The van der Waals surface area contributed by atoms with E-state index in [0.717, 1.165) is 12.1 Å². The fourth-order valence-electron chi connectivity index (χ4n) is 1.72. The number of nitrogens with zero attached hydrogens (tertiary/aromatic N) is 1. The van der Waals surface area contributed by atoms with E-state index in [9.17, 15) is 19.6 Å². The van der Waals surface area contributed by atoms with Crippen LogP contribution in [0.3, 0.4) is 0 Å². The van der Waals surface area contributed by atoms with Gasteiger partial charge in [0.25, 0.3) is 5.69 Å². The summed E-state index contributed by atoms with van der Waals surface area (Å²) >= 11 is 0. The summed E-state index contributed by atoms with van der Waals surface area (Å²) in [4.78, 5) is 9.85. The third-order valence-electron chi connectivity index (χ3n) is 2.72. The van der Waals surface area contributed by atoms with Crippen molar-refractivity contribution < 1.29 is 19.2 Å². The van der Waals surface area contributed by atoms with Crippen LogP contribution in [-0.2, 0) is 0 Å². The molecular weight excluding hydrogens is 265 g/mol. The molecule has 1 atom stereocenters. The number of aliphatic hydroxyl groups is 1. The number of ether oxygens (including phenoxy) is 1. The van der Waals surface area contributed by atoms with Crippen LogP contribution >= 0.6 is 0 Å². The number of rotatable bonds is 4. The third-order valence-corrected chi connectivity index (χ3v) is 2.72. The van der Waals surface area contributed by atoms with Crippen molar-refractivity contribution in [3.05, 3.63) is 64.0 Å². The van der Waals surface area contributed by atoms with Crippen LogP contribution in [0.5, 0.6) is 11.5 Å². The van der Waals surface area contributed by atoms with Gasteiger partial charge in [0, 0.05) is 11.6 Å². The number of hydrogen-bond donors (Lipinski definition) is 1. The molecule has 0 spiro atoms. The van der Waals surface area contributed by atoms with Crippen LogP contribution in [0.1, 0.15) is 18.6 Å². The number of aliphatic hydroxyl groups excluding tert-OH is 1. The third kappa shape index (κ3) is 2.92. The Morgan fingerprint density at radius 2 is 1.95 bits per heavy atom. The molecule has 104 valence electrons. The first-order valence-corrected chi connectivity index (χ1v) is 5.88. The average Bonchev–Trinajstić information content (AvgIpc) is 2.41. The normalized spacial score (nSPS) is 11.9. The first kappa shape index (κ1) is 14.0. The maximum Gasteiger partial charge on any atom is 0.272 e. The first-order valence-electron chi connectivity index (χ1n) is 5.88. The molecule has 0 fully saturated rings. The predicted molar refractivity (Wildman–Crippen MR) is 70.2 cm³/mol. The molecule has 0 saturated carbocycles. The van der Waals surface area contributed by atoms with E-state index in [2.05, 4.69) is 0 Å². The van der Waals surface area contributed by atoms with Gasteiger partial charge >= 0.3 is 0 Å². The van der Waals surface area contributed by atoms with E-state index < -0.39 is 16.8 Å². The Labute approximate surface area is 114 Å². The van der Waals surface area contributed by atoms with E-state index in [1.807, 2.05) is 0 Å². The summed E-state index contributed by atoms with van der Waals surface area (Å²) in [5.74, 6) is -0.668. The summed E-state index contributed by atoms with van der Waals surface area (Å²) in [6, 6.07) is 9.79. The second-order valence-electron chi connectivity index (χ2n) is 4.19. The van der Waals surface area contributed by atoms with Crippen LogP contribution in [0.4, 0.5) is 10.1 Å². The van der Waals surface area contributed by atoms with Crippen molar-refractivity contribution in [2.75, 3.05) is 0 Å². The number of para-hydroxylation sites is 1. The van der Waals surface area contributed by atoms with Gasteiger partial charge in [-0.25, -0.2) is 4.39 Å². The van der Waals surface area contributed by atoms with Crippen molar-refractivity contribution in [1.29, 1.82) is 0 Å². The van der Waals surface area contributed by atoms with E-state index in [4.69, 9.17) is 4.74 Å². The van der Waals surface area contributed by atoms with E-state index in [1.54, 1.807) is 31.2 Å². The standard InChI is InChI=1S/C14H12FNO4/c1-9(17)11-4-2-3-5-13(11)20-14-7-6-10(16(18)19)8-12(14)15/h2-9,17H,1H3/t9-/m1/s1. The van der Waals surface area contributed by atoms with Crippen molar-refractivity contribution in [3.63, 3.8) is 0 Å². The Morgan fingerprint density at radius 1 is 1.25 bits per heavy atom. The van der Waals surface area contributed by atoms with Gasteiger partial charge in [0.05, 0.1) is 17.1 Å². The summed E-state index contributed by atoms with van der Waals surface area (Å²) in [5, 5.41) is 20.1. The molecule has 0 saturated heterocycles. The van der Waals surface area contributed by atoms with Crippen LogP contribution in [0.25, 0.3) is 0 Å². The molecular formula is C14H12FNO4. The number of halogens is 1. The number of nitro benzene ring substituents is 1. The van der Waals surface area contributed by atoms with Crippen LogP contribution in [-0.4, -0.2) is 10.0 Å². The molecule has 2 aromatic carbocycles. The molecule has 20 heavy (non-hydrogen) atoms. The molecule has 0 heterocycles. The van der Waals surface area contributed by atoms with Crippen molar-refractivity contribution in [2.45, 2.75) is 13.0 Å². The van der Waals surface area contributed by atoms with Gasteiger partial charge in [-0.15, -0.1) is 0 Å². The van der Waals surface area contributed by atoms with Crippen molar-refractivity contribution in [2.24, 2.45) is 0 Å². The molecule has 6 heteroatoms. The summed E-state index contributed by atoms with van der Waals surface area (Å²) in [5.41, 5.74) is 0.156. The molecule has 5 nitrogen and oxygen atoms in total. The maximum atomic E-state index is 13.7. The number of benzene rings is 2.